The van der Waals surface area contributed by atoms with Gasteiger partial charge in [0.15, 0.2) is 0 Å². The van der Waals surface area contributed by atoms with Gasteiger partial charge in [-0.3, -0.25) is 4.79 Å². The molecule has 0 aliphatic carbocycles. The quantitative estimate of drug-likeness (QED) is 0.764. The highest BCUT2D eigenvalue weighted by Crippen LogP contribution is 2.29. The zero-order valence-corrected chi connectivity index (χ0v) is 13.3. The number of carbonyl (C=O) groups excluding carboxylic acids is 2. The van der Waals surface area contributed by atoms with E-state index in [1.165, 1.54) is 0 Å². The molecule has 3 atom stereocenters. The number of rotatable bonds is 3. The molecular weight excluding hydrogens is 288 g/mol. The Morgan fingerprint density at radius 1 is 1.41 bits per heavy atom. The number of likely N-dealkylation sites (tertiary alicyclic amines) is 1. The zero-order chi connectivity index (χ0) is 16.5. The summed E-state index contributed by atoms with van der Waals surface area (Å²) in [6.45, 7) is 6.63. The lowest BCUT2D eigenvalue weighted by Gasteiger charge is -2.39. The molecule has 2 aliphatic heterocycles. The summed E-state index contributed by atoms with van der Waals surface area (Å²) in [6.07, 6.45) is 1.90. The number of hydrogen-bond acceptors (Lipinski definition) is 4. The van der Waals surface area contributed by atoms with Crippen molar-refractivity contribution >= 4 is 18.0 Å². The number of carboxylic acids is 1. The van der Waals surface area contributed by atoms with Crippen LogP contribution in [0.3, 0.4) is 0 Å². The normalized spacial score (nSPS) is 28.6. The van der Waals surface area contributed by atoms with Gasteiger partial charge in [-0.15, -0.1) is 0 Å². The van der Waals surface area contributed by atoms with Gasteiger partial charge in [-0.1, -0.05) is 0 Å². The van der Waals surface area contributed by atoms with Crippen LogP contribution in [0.25, 0.3) is 0 Å². The number of amides is 2. The van der Waals surface area contributed by atoms with Gasteiger partial charge in [0.25, 0.3) is 0 Å². The van der Waals surface area contributed by atoms with Gasteiger partial charge in [0.2, 0.25) is 5.91 Å². The van der Waals surface area contributed by atoms with E-state index < -0.39 is 23.5 Å². The number of nitrogens with one attached hydrogen (secondary N) is 1. The fourth-order valence-corrected chi connectivity index (χ4v) is 3.00. The smallest absolute Gasteiger partial charge is 0.410 e. The first-order valence-electron chi connectivity index (χ1n) is 7.68. The van der Waals surface area contributed by atoms with Crippen LogP contribution >= 0.6 is 0 Å². The Balaban J connectivity index is 1.89. The zero-order valence-electron chi connectivity index (χ0n) is 13.3. The van der Waals surface area contributed by atoms with Gasteiger partial charge in [0.1, 0.15) is 11.6 Å². The van der Waals surface area contributed by atoms with Crippen LogP contribution < -0.4 is 5.32 Å². The SMILES string of the molecule is CC(C)(C)OC(=O)N1CCCC(C[C@H]2C(=O)N[C@@H]2C(=O)O)C1. The predicted molar refractivity (Wildman–Crippen MR) is 78.2 cm³/mol. The first-order valence-corrected chi connectivity index (χ1v) is 7.68. The monoisotopic (exact) mass is 312 g/mol. The van der Waals surface area contributed by atoms with E-state index in [2.05, 4.69) is 5.32 Å². The average molecular weight is 312 g/mol. The Morgan fingerprint density at radius 2 is 2.09 bits per heavy atom. The van der Waals surface area contributed by atoms with E-state index in [1.54, 1.807) is 4.90 Å². The molecule has 2 rings (SSSR count). The Labute approximate surface area is 130 Å². The fraction of sp³-hybridized carbons (Fsp3) is 0.800. The second-order valence-corrected chi connectivity index (χ2v) is 7.10. The fourth-order valence-electron chi connectivity index (χ4n) is 3.00. The maximum Gasteiger partial charge on any atom is 0.410 e. The number of carbonyl (C=O) groups is 3. The molecule has 7 heteroatoms. The highest BCUT2D eigenvalue weighted by atomic mass is 16.6. The molecule has 0 saturated carbocycles. The number of piperidine rings is 1. The lowest BCUT2D eigenvalue weighted by Crippen LogP contribution is -2.62. The van der Waals surface area contributed by atoms with Gasteiger partial charge >= 0.3 is 12.1 Å². The summed E-state index contributed by atoms with van der Waals surface area (Å²) in [5.74, 6) is -1.55. The second kappa shape index (κ2) is 6.14. The summed E-state index contributed by atoms with van der Waals surface area (Å²) in [6, 6.07) is -0.788. The molecule has 2 saturated heterocycles. The van der Waals surface area contributed by atoms with Crippen molar-refractivity contribution in [1.82, 2.24) is 10.2 Å². The molecule has 0 aromatic heterocycles. The van der Waals surface area contributed by atoms with Crippen molar-refractivity contribution in [2.24, 2.45) is 11.8 Å². The Morgan fingerprint density at radius 3 is 2.64 bits per heavy atom. The van der Waals surface area contributed by atoms with Crippen molar-refractivity contribution in [2.45, 2.75) is 51.7 Å². The average Bonchev–Trinajstić information content (AvgIpc) is 2.40. The third-order valence-corrected chi connectivity index (χ3v) is 4.06. The van der Waals surface area contributed by atoms with Gasteiger partial charge < -0.3 is 20.1 Å². The number of carboxylic acid groups (broad SMARTS) is 1. The van der Waals surface area contributed by atoms with E-state index in [9.17, 15) is 14.4 Å². The number of nitrogens with zero attached hydrogens (tertiary/aromatic N) is 1. The summed E-state index contributed by atoms with van der Waals surface area (Å²) in [5.41, 5.74) is -0.535. The van der Waals surface area contributed by atoms with Crippen molar-refractivity contribution in [3.8, 4) is 0 Å². The van der Waals surface area contributed by atoms with Crippen LogP contribution in [0.15, 0.2) is 0 Å². The highest BCUT2D eigenvalue weighted by molar-refractivity contribution is 5.96. The third kappa shape index (κ3) is 3.90. The molecule has 2 N–H and O–H groups in total. The summed E-state index contributed by atoms with van der Waals surface area (Å²) in [5, 5.41) is 11.4. The molecule has 1 unspecified atom stereocenters. The standard InChI is InChI=1S/C15H24N2O5/c1-15(2,3)22-14(21)17-6-4-5-9(8-17)7-10-11(13(19)20)16-12(10)18/h9-11H,4-8H2,1-3H3,(H,16,18)(H,19,20)/t9?,10-,11+/m1/s1. The van der Waals surface area contributed by atoms with E-state index in [1.807, 2.05) is 20.8 Å². The van der Waals surface area contributed by atoms with Gasteiger partial charge in [0.05, 0.1) is 5.92 Å². The summed E-state index contributed by atoms with van der Waals surface area (Å²) < 4.78 is 5.36. The molecule has 0 aromatic rings. The molecule has 124 valence electrons. The molecule has 0 aromatic carbocycles. The summed E-state index contributed by atoms with van der Waals surface area (Å²) in [7, 11) is 0. The van der Waals surface area contributed by atoms with Gasteiger partial charge in [0, 0.05) is 13.1 Å². The molecule has 0 radical (unpaired) electrons. The number of β-lactam (4-membered cyclic amide) rings is 1. The molecule has 2 aliphatic rings. The first-order chi connectivity index (χ1) is 10.2. The van der Waals surface area contributed by atoms with Crippen LogP contribution in [0, 0.1) is 11.8 Å². The lowest BCUT2D eigenvalue weighted by molar-refractivity contribution is -0.154. The van der Waals surface area contributed by atoms with E-state index >= 15 is 0 Å². The first kappa shape index (κ1) is 16.6. The van der Waals surface area contributed by atoms with Crippen molar-refractivity contribution in [3.63, 3.8) is 0 Å². The van der Waals surface area contributed by atoms with Crippen LogP contribution in [0.1, 0.15) is 40.0 Å². The predicted octanol–water partition coefficient (Wildman–Crippen LogP) is 1.22. The molecule has 0 spiro atoms. The van der Waals surface area contributed by atoms with Crippen molar-refractivity contribution in [2.75, 3.05) is 13.1 Å². The molecular formula is C15H24N2O5. The van der Waals surface area contributed by atoms with E-state index in [0.717, 1.165) is 12.8 Å². The molecule has 22 heavy (non-hydrogen) atoms. The molecule has 2 heterocycles. The number of aliphatic carboxylic acids is 1. The van der Waals surface area contributed by atoms with E-state index in [-0.39, 0.29) is 17.9 Å². The Bertz CT molecular complexity index is 471. The van der Waals surface area contributed by atoms with Gasteiger partial charge in [-0.25, -0.2) is 9.59 Å². The largest absolute Gasteiger partial charge is 0.480 e. The Hall–Kier alpha value is -1.79. The summed E-state index contributed by atoms with van der Waals surface area (Å²) >= 11 is 0. The minimum absolute atomic E-state index is 0.138. The maximum atomic E-state index is 12.1. The minimum atomic E-state index is -0.996. The van der Waals surface area contributed by atoms with Crippen LogP contribution in [0.5, 0.6) is 0 Å². The van der Waals surface area contributed by atoms with Crippen LogP contribution in [-0.4, -0.2) is 52.7 Å². The van der Waals surface area contributed by atoms with Gasteiger partial charge in [-0.05, 0) is 46.0 Å². The van der Waals surface area contributed by atoms with Crippen molar-refractivity contribution < 1.29 is 24.2 Å². The highest BCUT2D eigenvalue weighted by Gasteiger charge is 2.45. The summed E-state index contributed by atoms with van der Waals surface area (Å²) in [4.78, 5) is 36.3. The van der Waals surface area contributed by atoms with Crippen molar-refractivity contribution in [3.05, 3.63) is 0 Å². The second-order valence-electron chi connectivity index (χ2n) is 7.10. The van der Waals surface area contributed by atoms with Crippen LogP contribution in [-0.2, 0) is 14.3 Å². The Kier molecular flexibility index (Phi) is 4.63. The molecule has 7 nitrogen and oxygen atoms in total. The van der Waals surface area contributed by atoms with Crippen LogP contribution in [0.4, 0.5) is 4.79 Å². The van der Waals surface area contributed by atoms with Gasteiger partial charge in [-0.2, -0.15) is 0 Å². The van der Waals surface area contributed by atoms with E-state index in [0.29, 0.717) is 19.5 Å². The molecule has 0 bridgehead atoms. The van der Waals surface area contributed by atoms with Crippen molar-refractivity contribution in [1.29, 1.82) is 0 Å². The number of ether oxygens (including phenoxy) is 1. The maximum absolute atomic E-state index is 12.1. The minimum Gasteiger partial charge on any atom is -0.480 e. The lowest BCUT2D eigenvalue weighted by atomic mass is 9.80. The molecule has 2 fully saturated rings. The topological polar surface area (TPSA) is 95.9 Å². The van der Waals surface area contributed by atoms with Crippen LogP contribution in [0.2, 0.25) is 0 Å². The molecule has 2 amide bonds. The number of hydrogen-bond donors (Lipinski definition) is 2. The third-order valence-electron chi connectivity index (χ3n) is 4.06. The van der Waals surface area contributed by atoms with E-state index in [4.69, 9.17) is 9.84 Å².